The van der Waals surface area contributed by atoms with E-state index in [9.17, 15) is 0 Å². The van der Waals surface area contributed by atoms with Gasteiger partial charge >= 0.3 is 0 Å². The Morgan fingerprint density at radius 3 is 2.58 bits per heavy atom. The Bertz CT molecular complexity index is 534. The SMILES string of the molecule is Cc1cccc(Oc2ccccc2CNC(C)C)c1. The number of aryl methyl sites for hydroxylation is 1. The van der Waals surface area contributed by atoms with Gasteiger partial charge in [0.2, 0.25) is 0 Å². The van der Waals surface area contributed by atoms with Crippen molar-refractivity contribution in [3.8, 4) is 11.5 Å². The second kappa shape index (κ2) is 6.39. The molecule has 0 amide bonds. The zero-order valence-electron chi connectivity index (χ0n) is 11.8. The Hall–Kier alpha value is -1.80. The normalized spacial score (nSPS) is 10.7. The standard InChI is InChI=1S/C17H21NO/c1-13(2)18-12-15-8-4-5-10-17(15)19-16-9-6-7-14(3)11-16/h4-11,13,18H,12H2,1-3H3. The van der Waals surface area contributed by atoms with Crippen LogP contribution < -0.4 is 10.1 Å². The van der Waals surface area contributed by atoms with Crippen molar-refractivity contribution in [3.05, 3.63) is 59.7 Å². The van der Waals surface area contributed by atoms with E-state index in [1.54, 1.807) is 0 Å². The first-order valence-corrected chi connectivity index (χ1v) is 6.71. The predicted molar refractivity (Wildman–Crippen MR) is 79.7 cm³/mol. The molecule has 2 aromatic rings. The smallest absolute Gasteiger partial charge is 0.131 e. The molecule has 2 heteroatoms. The molecule has 0 unspecified atom stereocenters. The van der Waals surface area contributed by atoms with Crippen LogP contribution in [0.5, 0.6) is 11.5 Å². The summed E-state index contributed by atoms with van der Waals surface area (Å²) in [6, 6.07) is 16.7. The zero-order chi connectivity index (χ0) is 13.7. The summed E-state index contributed by atoms with van der Waals surface area (Å²) < 4.78 is 5.98. The van der Waals surface area contributed by atoms with Gasteiger partial charge < -0.3 is 10.1 Å². The van der Waals surface area contributed by atoms with Crippen molar-refractivity contribution in [1.29, 1.82) is 0 Å². The van der Waals surface area contributed by atoms with Gasteiger partial charge in [-0.1, -0.05) is 44.2 Å². The Kier molecular flexibility index (Phi) is 4.58. The molecule has 2 rings (SSSR count). The molecule has 100 valence electrons. The van der Waals surface area contributed by atoms with E-state index >= 15 is 0 Å². The minimum Gasteiger partial charge on any atom is -0.457 e. The maximum atomic E-state index is 5.98. The summed E-state index contributed by atoms with van der Waals surface area (Å²) >= 11 is 0. The van der Waals surface area contributed by atoms with Gasteiger partial charge in [0.1, 0.15) is 11.5 Å². The molecule has 0 saturated carbocycles. The molecule has 0 saturated heterocycles. The zero-order valence-corrected chi connectivity index (χ0v) is 11.8. The molecule has 0 aliphatic carbocycles. The van der Waals surface area contributed by atoms with Gasteiger partial charge in [0.15, 0.2) is 0 Å². The van der Waals surface area contributed by atoms with Gasteiger partial charge in [-0.3, -0.25) is 0 Å². The fraction of sp³-hybridized carbons (Fsp3) is 0.294. The maximum absolute atomic E-state index is 5.98. The van der Waals surface area contributed by atoms with Crippen LogP contribution in [0.3, 0.4) is 0 Å². The Morgan fingerprint density at radius 1 is 1.05 bits per heavy atom. The second-order valence-electron chi connectivity index (χ2n) is 5.06. The van der Waals surface area contributed by atoms with Crippen LogP contribution >= 0.6 is 0 Å². The molecule has 0 atom stereocenters. The summed E-state index contributed by atoms with van der Waals surface area (Å²) in [5, 5.41) is 3.42. The fourth-order valence-corrected chi connectivity index (χ4v) is 1.87. The molecule has 0 aromatic heterocycles. The Labute approximate surface area is 115 Å². The van der Waals surface area contributed by atoms with E-state index in [4.69, 9.17) is 4.74 Å². The fourth-order valence-electron chi connectivity index (χ4n) is 1.87. The van der Waals surface area contributed by atoms with E-state index in [2.05, 4.69) is 38.2 Å². The van der Waals surface area contributed by atoms with E-state index in [0.29, 0.717) is 6.04 Å². The Balaban J connectivity index is 2.15. The summed E-state index contributed by atoms with van der Waals surface area (Å²) in [6.07, 6.45) is 0. The van der Waals surface area contributed by atoms with Gasteiger partial charge in [0, 0.05) is 18.2 Å². The van der Waals surface area contributed by atoms with Crippen molar-refractivity contribution in [2.24, 2.45) is 0 Å². The van der Waals surface area contributed by atoms with Crippen molar-refractivity contribution in [2.75, 3.05) is 0 Å². The second-order valence-corrected chi connectivity index (χ2v) is 5.06. The van der Waals surface area contributed by atoms with E-state index < -0.39 is 0 Å². The predicted octanol–water partition coefficient (Wildman–Crippen LogP) is 4.29. The molecule has 0 aliphatic rings. The van der Waals surface area contributed by atoms with Gasteiger partial charge in [-0.2, -0.15) is 0 Å². The summed E-state index contributed by atoms with van der Waals surface area (Å²) in [5.74, 6) is 1.80. The maximum Gasteiger partial charge on any atom is 0.131 e. The molecule has 0 fully saturated rings. The van der Waals surface area contributed by atoms with Crippen LogP contribution in [0.2, 0.25) is 0 Å². The largest absolute Gasteiger partial charge is 0.457 e. The minimum atomic E-state index is 0.465. The van der Waals surface area contributed by atoms with E-state index in [0.717, 1.165) is 18.0 Å². The van der Waals surface area contributed by atoms with Crippen LogP contribution in [0.4, 0.5) is 0 Å². The van der Waals surface area contributed by atoms with Crippen molar-refractivity contribution in [3.63, 3.8) is 0 Å². The molecular weight excluding hydrogens is 234 g/mol. The molecule has 0 aliphatic heterocycles. The van der Waals surface area contributed by atoms with Crippen LogP contribution in [0, 0.1) is 6.92 Å². The topological polar surface area (TPSA) is 21.3 Å². The summed E-state index contributed by atoms with van der Waals surface area (Å²) in [7, 11) is 0. The van der Waals surface area contributed by atoms with Gasteiger partial charge in [0.05, 0.1) is 0 Å². The highest BCUT2D eigenvalue weighted by Gasteiger charge is 2.05. The number of ether oxygens (including phenoxy) is 1. The average Bonchev–Trinajstić information content (AvgIpc) is 2.38. The van der Waals surface area contributed by atoms with Crippen LogP contribution in [0.1, 0.15) is 25.0 Å². The van der Waals surface area contributed by atoms with Gasteiger partial charge in [0.25, 0.3) is 0 Å². The average molecular weight is 255 g/mol. The lowest BCUT2D eigenvalue weighted by molar-refractivity contribution is 0.469. The van der Waals surface area contributed by atoms with E-state index in [1.165, 1.54) is 11.1 Å². The first-order valence-electron chi connectivity index (χ1n) is 6.71. The molecule has 0 spiro atoms. The lowest BCUT2D eigenvalue weighted by Crippen LogP contribution is -2.22. The lowest BCUT2D eigenvalue weighted by atomic mass is 10.2. The highest BCUT2D eigenvalue weighted by Crippen LogP contribution is 2.25. The minimum absolute atomic E-state index is 0.465. The van der Waals surface area contributed by atoms with Crippen LogP contribution in [-0.2, 0) is 6.54 Å². The van der Waals surface area contributed by atoms with Gasteiger partial charge in [-0.25, -0.2) is 0 Å². The van der Waals surface area contributed by atoms with Crippen molar-refractivity contribution in [1.82, 2.24) is 5.32 Å². The molecule has 2 nitrogen and oxygen atoms in total. The number of hydrogen-bond donors (Lipinski definition) is 1. The lowest BCUT2D eigenvalue weighted by Gasteiger charge is -2.13. The van der Waals surface area contributed by atoms with Crippen LogP contribution in [-0.4, -0.2) is 6.04 Å². The van der Waals surface area contributed by atoms with Crippen molar-refractivity contribution < 1.29 is 4.74 Å². The van der Waals surface area contributed by atoms with Crippen LogP contribution in [0.15, 0.2) is 48.5 Å². The third kappa shape index (κ3) is 4.11. The molecule has 19 heavy (non-hydrogen) atoms. The molecule has 0 heterocycles. The van der Waals surface area contributed by atoms with Crippen LogP contribution in [0.25, 0.3) is 0 Å². The molecule has 2 aromatic carbocycles. The molecule has 1 N–H and O–H groups in total. The van der Waals surface area contributed by atoms with E-state index in [-0.39, 0.29) is 0 Å². The third-order valence-corrected chi connectivity index (χ3v) is 2.89. The monoisotopic (exact) mass is 255 g/mol. The van der Waals surface area contributed by atoms with E-state index in [1.807, 2.05) is 36.4 Å². The Morgan fingerprint density at radius 2 is 1.84 bits per heavy atom. The number of para-hydroxylation sites is 1. The number of hydrogen-bond acceptors (Lipinski definition) is 2. The summed E-state index contributed by atoms with van der Waals surface area (Å²) in [6.45, 7) is 7.17. The quantitative estimate of drug-likeness (QED) is 0.860. The highest BCUT2D eigenvalue weighted by molar-refractivity contribution is 5.38. The van der Waals surface area contributed by atoms with Crippen molar-refractivity contribution in [2.45, 2.75) is 33.4 Å². The first-order chi connectivity index (χ1) is 9.15. The number of nitrogens with one attached hydrogen (secondary N) is 1. The highest BCUT2D eigenvalue weighted by atomic mass is 16.5. The molecule has 0 bridgehead atoms. The first kappa shape index (κ1) is 13.6. The van der Waals surface area contributed by atoms with Gasteiger partial charge in [-0.05, 0) is 30.7 Å². The summed E-state index contributed by atoms with van der Waals surface area (Å²) in [4.78, 5) is 0. The van der Waals surface area contributed by atoms with Crippen molar-refractivity contribution >= 4 is 0 Å². The number of benzene rings is 2. The third-order valence-electron chi connectivity index (χ3n) is 2.89. The molecular formula is C17H21NO. The van der Waals surface area contributed by atoms with Gasteiger partial charge in [-0.15, -0.1) is 0 Å². The number of rotatable bonds is 5. The summed E-state index contributed by atoms with van der Waals surface area (Å²) in [5.41, 5.74) is 2.38. The molecule has 0 radical (unpaired) electrons.